The van der Waals surface area contributed by atoms with Gasteiger partial charge in [-0.2, -0.15) is 5.26 Å². The van der Waals surface area contributed by atoms with E-state index in [4.69, 9.17) is 5.26 Å². The lowest BCUT2D eigenvalue weighted by Gasteiger charge is -2.20. The van der Waals surface area contributed by atoms with E-state index < -0.39 is 17.0 Å². The van der Waals surface area contributed by atoms with Gasteiger partial charge >= 0.3 is 0 Å². The maximum absolute atomic E-state index is 13.7. The normalized spacial score (nSPS) is 14.0. The van der Waals surface area contributed by atoms with Crippen LogP contribution in [0.25, 0.3) is 0 Å². The van der Waals surface area contributed by atoms with Crippen molar-refractivity contribution >= 4 is 17.5 Å². The van der Waals surface area contributed by atoms with Crippen molar-refractivity contribution in [1.29, 1.82) is 5.26 Å². The van der Waals surface area contributed by atoms with Crippen LogP contribution >= 0.6 is 0 Å². The first kappa shape index (κ1) is 22.2. The van der Waals surface area contributed by atoms with E-state index in [1.807, 2.05) is 6.07 Å². The van der Waals surface area contributed by atoms with E-state index in [-0.39, 0.29) is 24.9 Å². The molecule has 0 radical (unpaired) electrons. The van der Waals surface area contributed by atoms with Gasteiger partial charge in [0.1, 0.15) is 11.6 Å². The maximum atomic E-state index is 13.7. The summed E-state index contributed by atoms with van der Waals surface area (Å²) in [6.45, 7) is 3.78. The molecule has 1 heterocycles. The zero-order valence-electron chi connectivity index (χ0n) is 18.2. The summed E-state index contributed by atoms with van der Waals surface area (Å²) in [4.78, 5) is 27.4. The van der Waals surface area contributed by atoms with Crippen molar-refractivity contribution in [2.45, 2.75) is 32.4 Å². The van der Waals surface area contributed by atoms with Gasteiger partial charge in [0.05, 0.1) is 23.6 Å². The fourth-order valence-electron chi connectivity index (χ4n) is 4.06. The molecule has 0 bridgehead atoms. The number of rotatable bonds is 5. The minimum Gasteiger partial charge on any atom is -0.348 e. The van der Waals surface area contributed by atoms with Crippen molar-refractivity contribution in [3.8, 4) is 6.07 Å². The van der Waals surface area contributed by atoms with Crippen molar-refractivity contribution in [3.63, 3.8) is 0 Å². The molecule has 0 aromatic heterocycles. The van der Waals surface area contributed by atoms with Crippen LogP contribution in [0.3, 0.4) is 0 Å². The van der Waals surface area contributed by atoms with Gasteiger partial charge < -0.3 is 10.2 Å². The molecule has 1 N–H and O–H groups in total. The molecule has 166 valence electrons. The van der Waals surface area contributed by atoms with Crippen LogP contribution in [0.2, 0.25) is 0 Å². The van der Waals surface area contributed by atoms with Gasteiger partial charge in [-0.3, -0.25) is 9.59 Å². The summed E-state index contributed by atoms with van der Waals surface area (Å²) in [6.07, 6.45) is 0. The van der Waals surface area contributed by atoms with E-state index >= 15 is 0 Å². The number of nitriles is 1. The predicted octanol–water partition coefficient (Wildman–Crippen LogP) is 4.59. The average molecular weight is 445 g/mol. The minimum absolute atomic E-state index is 0.0179. The molecule has 1 aliphatic rings. The molecule has 0 aliphatic carbocycles. The number of hydrogen-bond donors (Lipinski definition) is 1. The van der Waals surface area contributed by atoms with Crippen molar-refractivity contribution in [3.05, 3.63) is 100 Å². The van der Waals surface area contributed by atoms with Crippen molar-refractivity contribution in [2.75, 3.05) is 4.90 Å². The summed E-state index contributed by atoms with van der Waals surface area (Å²) in [6, 6.07) is 17.2. The molecule has 3 aromatic carbocycles. The molecule has 3 aromatic rings. The number of nitrogens with zero attached hydrogens (tertiary/aromatic N) is 2. The molecule has 4 rings (SSSR count). The Morgan fingerprint density at radius 1 is 1.03 bits per heavy atom. The predicted molar refractivity (Wildman–Crippen MR) is 119 cm³/mol. The van der Waals surface area contributed by atoms with E-state index in [1.54, 1.807) is 50.2 Å². The van der Waals surface area contributed by atoms with Crippen LogP contribution in [0.5, 0.6) is 0 Å². The molecule has 0 saturated heterocycles. The maximum Gasteiger partial charge on any atom is 0.251 e. The van der Waals surface area contributed by atoms with Gasteiger partial charge in [-0.15, -0.1) is 0 Å². The van der Waals surface area contributed by atoms with Crippen LogP contribution in [-0.2, 0) is 23.3 Å². The largest absolute Gasteiger partial charge is 0.348 e. The Morgan fingerprint density at radius 3 is 2.45 bits per heavy atom. The third-order valence-electron chi connectivity index (χ3n) is 5.78. The Morgan fingerprint density at radius 2 is 1.76 bits per heavy atom. The molecule has 2 amide bonds. The quantitative estimate of drug-likeness (QED) is 0.624. The van der Waals surface area contributed by atoms with E-state index in [1.165, 1.54) is 17.0 Å². The lowest BCUT2D eigenvalue weighted by atomic mass is 9.86. The summed E-state index contributed by atoms with van der Waals surface area (Å²) in [5, 5.41) is 11.8. The second-order valence-electron chi connectivity index (χ2n) is 8.52. The highest BCUT2D eigenvalue weighted by Gasteiger charge is 2.44. The highest BCUT2D eigenvalue weighted by Crippen LogP contribution is 2.42. The lowest BCUT2D eigenvalue weighted by Crippen LogP contribution is -2.35. The van der Waals surface area contributed by atoms with Gasteiger partial charge in [0, 0.05) is 23.9 Å². The Kier molecular flexibility index (Phi) is 5.69. The fraction of sp³-hybridized carbons (Fsp3) is 0.192. The van der Waals surface area contributed by atoms with E-state index in [9.17, 15) is 18.4 Å². The van der Waals surface area contributed by atoms with E-state index in [0.717, 1.165) is 17.2 Å². The topological polar surface area (TPSA) is 73.2 Å². The molecule has 0 spiro atoms. The molecule has 33 heavy (non-hydrogen) atoms. The van der Waals surface area contributed by atoms with Crippen LogP contribution in [0.15, 0.2) is 60.7 Å². The fourth-order valence-corrected chi connectivity index (χ4v) is 4.06. The number of carbonyl (C=O) groups is 2. The Hall–Kier alpha value is -4.05. The molecule has 0 atom stereocenters. The smallest absolute Gasteiger partial charge is 0.251 e. The first-order valence-electron chi connectivity index (χ1n) is 10.4. The van der Waals surface area contributed by atoms with Crippen LogP contribution < -0.4 is 10.2 Å². The minimum atomic E-state index is -0.839. The van der Waals surface area contributed by atoms with E-state index in [0.29, 0.717) is 22.4 Å². The monoisotopic (exact) mass is 445 g/mol. The third-order valence-corrected chi connectivity index (χ3v) is 5.78. The molecule has 0 saturated carbocycles. The zero-order chi connectivity index (χ0) is 23.8. The molecule has 0 unspecified atom stereocenters. The third kappa shape index (κ3) is 4.33. The van der Waals surface area contributed by atoms with Gasteiger partial charge in [-0.25, -0.2) is 8.78 Å². The van der Waals surface area contributed by atoms with Crippen LogP contribution in [0.4, 0.5) is 14.5 Å². The molecule has 5 nitrogen and oxygen atoms in total. The van der Waals surface area contributed by atoms with Crippen molar-refractivity contribution < 1.29 is 18.4 Å². The van der Waals surface area contributed by atoms with Gasteiger partial charge in [-0.05, 0) is 66.9 Å². The first-order valence-corrected chi connectivity index (χ1v) is 10.4. The molecular formula is C26H21F2N3O2. The number of fused-ring (bicyclic) bond motifs is 1. The standard InChI is InChI=1S/C26H21F2N3O2/c1-26(2)22-7-6-19(24(32)30-14-17-5-3-4-16(8-17)13-29)11-23(22)31(25(26)33)15-18-9-20(27)12-21(28)10-18/h3-12H,14-15H2,1-2H3,(H,30,32). The van der Waals surface area contributed by atoms with Crippen LogP contribution in [-0.4, -0.2) is 11.8 Å². The molecule has 7 heteroatoms. The summed E-state index contributed by atoms with van der Waals surface area (Å²) in [5.74, 6) is -1.99. The Bertz CT molecular complexity index is 1290. The second kappa shape index (κ2) is 8.47. The highest BCUT2D eigenvalue weighted by atomic mass is 19.1. The lowest BCUT2D eigenvalue weighted by molar-refractivity contribution is -0.122. The molecule has 0 fully saturated rings. The van der Waals surface area contributed by atoms with Gasteiger partial charge in [0.2, 0.25) is 5.91 Å². The van der Waals surface area contributed by atoms with Crippen LogP contribution in [0.1, 0.15) is 46.5 Å². The number of amides is 2. The molecule has 1 aliphatic heterocycles. The number of anilines is 1. The van der Waals surface area contributed by atoms with Gasteiger partial charge in [0.25, 0.3) is 5.91 Å². The number of benzene rings is 3. The van der Waals surface area contributed by atoms with E-state index in [2.05, 4.69) is 11.4 Å². The summed E-state index contributed by atoms with van der Waals surface area (Å²) in [7, 11) is 0. The van der Waals surface area contributed by atoms with Crippen molar-refractivity contribution in [2.24, 2.45) is 0 Å². The first-order chi connectivity index (χ1) is 15.7. The number of nitrogens with one attached hydrogen (secondary N) is 1. The average Bonchev–Trinajstić information content (AvgIpc) is 2.97. The summed E-state index contributed by atoms with van der Waals surface area (Å²) in [5.41, 5.74) is 2.40. The number of halogens is 2. The van der Waals surface area contributed by atoms with Crippen LogP contribution in [0, 0.1) is 23.0 Å². The Balaban J connectivity index is 1.60. The summed E-state index contributed by atoms with van der Waals surface area (Å²) < 4.78 is 27.4. The SMILES string of the molecule is CC1(C)C(=O)N(Cc2cc(F)cc(F)c2)c2cc(C(=O)NCc3cccc(C#N)c3)ccc21. The summed E-state index contributed by atoms with van der Waals surface area (Å²) >= 11 is 0. The highest BCUT2D eigenvalue weighted by molar-refractivity contribution is 6.08. The Labute approximate surface area is 190 Å². The second-order valence-corrected chi connectivity index (χ2v) is 8.52. The van der Waals surface area contributed by atoms with Gasteiger partial charge in [-0.1, -0.05) is 18.2 Å². The van der Waals surface area contributed by atoms with Gasteiger partial charge in [0.15, 0.2) is 0 Å². The molecular weight excluding hydrogens is 424 g/mol. The number of hydrogen-bond acceptors (Lipinski definition) is 3. The van der Waals surface area contributed by atoms with Crippen molar-refractivity contribution in [1.82, 2.24) is 5.32 Å². The number of carbonyl (C=O) groups excluding carboxylic acids is 2. The zero-order valence-corrected chi connectivity index (χ0v) is 18.2.